The van der Waals surface area contributed by atoms with Crippen LogP contribution in [0.15, 0.2) is 18.2 Å². The molecule has 1 aromatic rings. The third-order valence-corrected chi connectivity index (χ3v) is 2.65. The Morgan fingerprint density at radius 2 is 2.20 bits per heavy atom. The molecule has 7 heteroatoms. The molecule has 108 valence electrons. The minimum Gasteiger partial charge on any atom is -0.387 e. The zero-order valence-electron chi connectivity index (χ0n) is 11.8. The Morgan fingerprint density at radius 3 is 2.70 bits per heavy atom. The van der Waals surface area contributed by atoms with E-state index in [0.29, 0.717) is 12.2 Å². The van der Waals surface area contributed by atoms with Gasteiger partial charge in [0.15, 0.2) is 0 Å². The standard InChI is InChI=1S/C13H18N4O3/c1-13(18,9-16(2)3)8-15-11-5-4-10(7-14)12(6-11)17(19)20/h4-6,15,18H,8-9H2,1-3H3. The van der Waals surface area contributed by atoms with Crippen LogP contribution in [0.4, 0.5) is 11.4 Å². The number of benzene rings is 1. The molecule has 0 heterocycles. The van der Waals surface area contributed by atoms with E-state index in [1.165, 1.54) is 12.1 Å². The van der Waals surface area contributed by atoms with Crippen molar-refractivity contribution in [1.29, 1.82) is 5.26 Å². The lowest BCUT2D eigenvalue weighted by molar-refractivity contribution is -0.385. The third-order valence-electron chi connectivity index (χ3n) is 2.65. The second kappa shape index (κ2) is 6.32. The van der Waals surface area contributed by atoms with Crippen LogP contribution in [-0.2, 0) is 0 Å². The molecule has 1 atom stereocenters. The first-order valence-electron chi connectivity index (χ1n) is 6.05. The molecule has 0 fully saturated rings. The lowest BCUT2D eigenvalue weighted by atomic mass is 10.1. The Kier molecular flexibility index (Phi) is 5.02. The highest BCUT2D eigenvalue weighted by Gasteiger charge is 2.21. The summed E-state index contributed by atoms with van der Waals surface area (Å²) in [5.74, 6) is 0. The van der Waals surface area contributed by atoms with E-state index in [1.54, 1.807) is 19.1 Å². The molecule has 0 bridgehead atoms. The Hall–Kier alpha value is -2.17. The molecular weight excluding hydrogens is 260 g/mol. The molecule has 2 N–H and O–H groups in total. The van der Waals surface area contributed by atoms with Gasteiger partial charge in [-0.05, 0) is 33.2 Å². The molecule has 7 nitrogen and oxygen atoms in total. The van der Waals surface area contributed by atoms with Gasteiger partial charge in [0.2, 0.25) is 0 Å². The van der Waals surface area contributed by atoms with Crippen molar-refractivity contribution < 1.29 is 10.0 Å². The van der Waals surface area contributed by atoms with Gasteiger partial charge in [-0.25, -0.2) is 0 Å². The van der Waals surface area contributed by atoms with Gasteiger partial charge in [-0.3, -0.25) is 10.1 Å². The molecule has 0 aliphatic rings. The van der Waals surface area contributed by atoms with E-state index >= 15 is 0 Å². The molecule has 0 saturated carbocycles. The van der Waals surface area contributed by atoms with Crippen molar-refractivity contribution in [2.24, 2.45) is 0 Å². The van der Waals surface area contributed by atoms with E-state index in [-0.39, 0.29) is 17.8 Å². The average Bonchev–Trinajstić information content (AvgIpc) is 2.34. The second-order valence-electron chi connectivity index (χ2n) is 5.19. The summed E-state index contributed by atoms with van der Waals surface area (Å²) in [5.41, 5.74) is -0.702. The lowest BCUT2D eigenvalue weighted by Crippen LogP contribution is -2.43. The van der Waals surface area contributed by atoms with Crippen LogP contribution in [0.1, 0.15) is 12.5 Å². The molecule has 0 saturated heterocycles. The number of anilines is 1. The van der Waals surface area contributed by atoms with E-state index in [4.69, 9.17) is 5.26 Å². The molecule has 20 heavy (non-hydrogen) atoms. The van der Waals surface area contributed by atoms with E-state index in [2.05, 4.69) is 5.32 Å². The molecule has 0 spiro atoms. The monoisotopic (exact) mass is 278 g/mol. The number of nitriles is 1. The predicted molar refractivity (Wildman–Crippen MR) is 75.5 cm³/mol. The SMILES string of the molecule is CN(C)CC(C)(O)CNc1ccc(C#N)c([N+](=O)[O-])c1. The highest BCUT2D eigenvalue weighted by Crippen LogP contribution is 2.22. The molecular formula is C13H18N4O3. The Morgan fingerprint density at radius 1 is 1.55 bits per heavy atom. The molecule has 1 aromatic carbocycles. The van der Waals surface area contributed by atoms with Gasteiger partial charge >= 0.3 is 0 Å². The van der Waals surface area contributed by atoms with Crippen molar-refractivity contribution in [2.75, 3.05) is 32.5 Å². The number of hydrogen-bond acceptors (Lipinski definition) is 6. The van der Waals surface area contributed by atoms with Crippen molar-refractivity contribution in [3.8, 4) is 6.07 Å². The smallest absolute Gasteiger partial charge is 0.289 e. The number of likely N-dealkylation sites (N-methyl/N-ethyl adjacent to an activating group) is 1. The van der Waals surface area contributed by atoms with E-state index in [9.17, 15) is 15.2 Å². The lowest BCUT2D eigenvalue weighted by Gasteiger charge is -2.27. The Labute approximate surface area is 117 Å². The fourth-order valence-corrected chi connectivity index (χ4v) is 1.92. The number of hydrogen-bond donors (Lipinski definition) is 2. The van der Waals surface area contributed by atoms with Gasteiger partial charge in [0.1, 0.15) is 11.6 Å². The maximum atomic E-state index is 10.9. The predicted octanol–water partition coefficient (Wildman–Crippen LogP) is 1.19. The first-order valence-corrected chi connectivity index (χ1v) is 6.05. The van der Waals surface area contributed by atoms with Crippen LogP contribution in [0.2, 0.25) is 0 Å². The van der Waals surface area contributed by atoms with Gasteiger partial charge in [0, 0.05) is 24.8 Å². The number of nitrogens with zero attached hydrogens (tertiary/aromatic N) is 3. The fraction of sp³-hybridized carbons (Fsp3) is 0.462. The molecule has 1 rings (SSSR count). The quantitative estimate of drug-likeness (QED) is 0.598. The van der Waals surface area contributed by atoms with Crippen molar-refractivity contribution in [3.05, 3.63) is 33.9 Å². The van der Waals surface area contributed by atoms with Crippen LogP contribution < -0.4 is 5.32 Å². The number of nitrogens with one attached hydrogen (secondary N) is 1. The van der Waals surface area contributed by atoms with Crippen LogP contribution in [-0.4, -0.2) is 47.7 Å². The van der Waals surface area contributed by atoms with E-state index in [1.807, 2.05) is 19.0 Å². The first kappa shape index (κ1) is 15.9. The summed E-state index contributed by atoms with van der Waals surface area (Å²) in [5, 5.41) is 32.7. The highest BCUT2D eigenvalue weighted by atomic mass is 16.6. The zero-order chi connectivity index (χ0) is 15.3. The van der Waals surface area contributed by atoms with Gasteiger partial charge in [0.25, 0.3) is 5.69 Å². The summed E-state index contributed by atoms with van der Waals surface area (Å²) >= 11 is 0. The number of nitro groups is 1. The van der Waals surface area contributed by atoms with Crippen LogP contribution >= 0.6 is 0 Å². The maximum Gasteiger partial charge on any atom is 0.289 e. The molecule has 0 aliphatic carbocycles. The van der Waals surface area contributed by atoms with Crippen molar-refractivity contribution >= 4 is 11.4 Å². The first-order chi connectivity index (χ1) is 9.25. The van der Waals surface area contributed by atoms with Crippen LogP contribution in [0.25, 0.3) is 0 Å². The Balaban J connectivity index is 2.82. The number of aliphatic hydroxyl groups is 1. The third kappa shape index (κ3) is 4.50. The van der Waals surface area contributed by atoms with Gasteiger partial charge in [-0.2, -0.15) is 5.26 Å². The summed E-state index contributed by atoms with van der Waals surface area (Å²) in [7, 11) is 3.70. The van der Waals surface area contributed by atoms with Gasteiger partial charge < -0.3 is 15.3 Å². The molecule has 0 aromatic heterocycles. The number of nitro benzene ring substituents is 1. The van der Waals surface area contributed by atoms with Crippen molar-refractivity contribution in [1.82, 2.24) is 4.90 Å². The minimum absolute atomic E-state index is 0.0144. The summed E-state index contributed by atoms with van der Waals surface area (Å²) in [4.78, 5) is 12.1. The Bertz CT molecular complexity index is 535. The van der Waals surface area contributed by atoms with Crippen LogP contribution in [0.3, 0.4) is 0 Å². The van der Waals surface area contributed by atoms with E-state index in [0.717, 1.165) is 0 Å². The van der Waals surface area contributed by atoms with Crippen molar-refractivity contribution in [2.45, 2.75) is 12.5 Å². The fourth-order valence-electron chi connectivity index (χ4n) is 1.92. The number of rotatable bonds is 6. The highest BCUT2D eigenvalue weighted by molar-refractivity contribution is 5.59. The summed E-state index contributed by atoms with van der Waals surface area (Å²) in [6.07, 6.45) is 0. The topological polar surface area (TPSA) is 102 Å². The second-order valence-corrected chi connectivity index (χ2v) is 5.19. The van der Waals surface area contributed by atoms with Gasteiger partial charge in [-0.1, -0.05) is 0 Å². The minimum atomic E-state index is -0.966. The van der Waals surface area contributed by atoms with Crippen LogP contribution in [0, 0.1) is 21.4 Å². The molecule has 0 aliphatic heterocycles. The maximum absolute atomic E-state index is 10.9. The summed E-state index contributed by atoms with van der Waals surface area (Å²) in [6, 6.07) is 6.04. The largest absolute Gasteiger partial charge is 0.387 e. The summed E-state index contributed by atoms with van der Waals surface area (Å²) in [6.45, 7) is 2.38. The molecule has 0 radical (unpaired) electrons. The van der Waals surface area contributed by atoms with Gasteiger partial charge in [0.05, 0.1) is 10.5 Å². The zero-order valence-corrected chi connectivity index (χ0v) is 11.8. The normalized spacial score (nSPS) is 13.6. The van der Waals surface area contributed by atoms with Crippen molar-refractivity contribution in [3.63, 3.8) is 0 Å². The summed E-state index contributed by atoms with van der Waals surface area (Å²) < 4.78 is 0. The molecule has 1 unspecified atom stereocenters. The van der Waals surface area contributed by atoms with E-state index < -0.39 is 10.5 Å². The molecule has 0 amide bonds. The van der Waals surface area contributed by atoms with Gasteiger partial charge in [-0.15, -0.1) is 0 Å². The van der Waals surface area contributed by atoms with Crippen LogP contribution in [0.5, 0.6) is 0 Å². The average molecular weight is 278 g/mol.